The summed E-state index contributed by atoms with van der Waals surface area (Å²) >= 11 is 1.30. The van der Waals surface area contributed by atoms with Crippen LogP contribution in [0, 0.1) is 5.82 Å². The summed E-state index contributed by atoms with van der Waals surface area (Å²) in [5, 5.41) is 3.21. The molecule has 1 aromatic carbocycles. The number of nitrogens with one attached hydrogen (secondary N) is 1. The first-order chi connectivity index (χ1) is 9.82. The molecule has 0 spiro atoms. The molecule has 1 heterocycles. The van der Waals surface area contributed by atoms with Crippen molar-refractivity contribution in [3.8, 4) is 10.4 Å². The summed E-state index contributed by atoms with van der Waals surface area (Å²) in [4.78, 5) is 1.46. The molecule has 0 radical (unpaired) electrons. The van der Waals surface area contributed by atoms with E-state index in [4.69, 9.17) is 0 Å². The number of alkyl halides is 3. The Labute approximate surface area is 124 Å². The van der Waals surface area contributed by atoms with Crippen LogP contribution < -0.4 is 5.32 Å². The summed E-state index contributed by atoms with van der Waals surface area (Å²) < 4.78 is 52.0. The predicted molar refractivity (Wildman–Crippen MR) is 76.8 cm³/mol. The van der Waals surface area contributed by atoms with E-state index in [0.29, 0.717) is 4.88 Å². The van der Waals surface area contributed by atoms with E-state index in [1.807, 2.05) is 19.9 Å². The predicted octanol–water partition coefficient (Wildman–Crippen LogP) is 5.24. The summed E-state index contributed by atoms with van der Waals surface area (Å²) in [6, 6.07) is 6.05. The molecule has 2 rings (SSSR count). The molecule has 0 bridgehead atoms. The molecule has 0 fully saturated rings. The Morgan fingerprint density at radius 1 is 1.19 bits per heavy atom. The van der Waals surface area contributed by atoms with Crippen LogP contribution in [-0.4, -0.2) is 6.54 Å². The molecule has 6 heteroatoms. The molecular formula is C15H15F4NS. The summed E-state index contributed by atoms with van der Waals surface area (Å²) in [5.74, 6) is -0.646. The molecule has 1 N–H and O–H groups in total. The zero-order valence-electron chi connectivity index (χ0n) is 11.6. The number of hydrogen-bond acceptors (Lipinski definition) is 2. The topological polar surface area (TPSA) is 12.0 Å². The molecule has 1 unspecified atom stereocenters. The first-order valence-electron chi connectivity index (χ1n) is 6.53. The summed E-state index contributed by atoms with van der Waals surface area (Å²) in [5.41, 5.74) is -0.849. The molecule has 114 valence electrons. The smallest absolute Gasteiger partial charge is 0.310 e. The van der Waals surface area contributed by atoms with E-state index < -0.39 is 17.6 Å². The third-order valence-electron chi connectivity index (χ3n) is 3.12. The molecule has 0 saturated heterocycles. The average molecular weight is 317 g/mol. The minimum absolute atomic E-state index is 0.00947. The van der Waals surface area contributed by atoms with Gasteiger partial charge in [0, 0.05) is 21.4 Å². The fourth-order valence-electron chi connectivity index (χ4n) is 2.03. The Balaban J connectivity index is 2.38. The SMILES string of the molecule is CCNC(C)c1ccc(-c2cc(C(F)(F)F)ccc2F)s1. The van der Waals surface area contributed by atoms with Crippen LogP contribution in [0.1, 0.15) is 30.3 Å². The lowest BCUT2D eigenvalue weighted by Crippen LogP contribution is -2.16. The van der Waals surface area contributed by atoms with Gasteiger partial charge in [0.25, 0.3) is 0 Å². The first-order valence-corrected chi connectivity index (χ1v) is 7.34. The Morgan fingerprint density at radius 2 is 1.90 bits per heavy atom. The Kier molecular flexibility index (Phi) is 4.68. The van der Waals surface area contributed by atoms with Crippen molar-refractivity contribution in [2.75, 3.05) is 6.54 Å². The fraction of sp³-hybridized carbons (Fsp3) is 0.333. The molecule has 1 atom stereocenters. The van der Waals surface area contributed by atoms with Crippen LogP contribution >= 0.6 is 11.3 Å². The number of benzene rings is 1. The summed E-state index contributed by atoms with van der Waals surface area (Å²) in [7, 11) is 0. The quantitative estimate of drug-likeness (QED) is 0.760. The molecule has 1 nitrogen and oxygen atoms in total. The second-order valence-electron chi connectivity index (χ2n) is 4.67. The van der Waals surface area contributed by atoms with Gasteiger partial charge in [-0.3, -0.25) is 0 Å². The lowest BCUT2D eigenvalue weighted by atomic mass is 10.1. The molecular weight excluding hydrogens is 302 g/mol. The van der Waals surface area contributed by atoms with Gasteiger partial charge < -0.3 is 5.32 Å². The van der Waals surface area contributed by atoms with Crippen LogP contribution in [0.5, 0.6) is 0 Å². The van der Waals surface area contributed by atoms with Crippen LogP contribution in [0.25, 0.3) is 10.4 Å². The average Bonchev–Trinajstić information content (AvgIpc) is 2.87. The maximum Gasteiger partial charge on any atom is 0.416 e. The normalized spacial score (nSPS) is 13.4. The van der Waals surface area contributed by atoms with Gasteiger partial charge in [-0.1, -0.05) is 6.92 Å². The maximum atomic E-state index is 13.8. The van der Waals surface area contributed by atoms with Crippen molar-refractivity contribution in [2.24, 2.45) is 0 Å². The van der Waals surface area contributed by atoms with E-state index in [-0.39, 0.29) is 11.6 Å². The van der Waals surface area contributed by atoms with Gasteiger partial charge in [0.1, 0.15) is 5.82 Å². The van der Waals surface area contributed by atoms with Crippen LogP contribution in [0.3, 0.4) is 0 Å². The Morgan fingerprint density at radius 3 is 2.52 bits per heavy atom. The second kappa shape index (κ2) is 6.15. The van der Waals surface area contributed by atoms with Crippen molar-refractivity contribution in [3.05, 3.63) is 46.6 Å². The molecule has 1 aromatic heterocycles. The van der Waals surface area contributed by atoms with Crippen LogP contribution in [0.4, 0.5) is 17.6 Å². The summed E-state index contributed by atoms with van der Waals surface area (Å²) in [6.07, 6.45) is -4.47. The first kappa shape index (κ1) is 16.0. The van der Waals surface area contributed by atoms with E-state index in [1.165, 1.54) is 11.3 Å². The van der Waals surface area contributed by atoms with Crippen molar-refractivity contribution in [1.82, 2.24) is 5.32 Å². The molecule has 21 heavy (non-hydrogen) atoms. The fourth-order valence-corrected chi connectivity index (χ4v) is 3.08. The Bertz CT molecular complexity index is 618. The van der Waals surface area contributed by atoms with Gasteiger partial charge in [0.2, 0.25) is 0 Å². The number of hydrogen-bond donors (Lipinski definition) is 1. The minimum atomic E-state index is -4.47. The zero-order chi connectivity index (χ0) is 15.6. The number of thiophene rings is 1. The largest absolute Gasteiger partial charge is 0.416 e. The molecule has 0 aliphatic heterocycles. The van der Waals surface area contributed by atoms with Crippen molar-refractivity contribution in [2.45, 2.75) is 26.1 Å². The van der Waals surface area contributed by atoms with Crippen molar-refractivity contribution in [1.29, 1.82) is 0 Å². The van der Waals surface area contributed by atoms with E-state index in [0.717, 1.165) is 29.6 Å². The molecule has 0 aliphatic rings. The molecule has 0 aliphatic carbocycles. The number of rotatable bonds is 4. The lowest BCUT2D eigenvalue weighted by Gasteiger charge is -2.10. The van der Waals surface area contributed by atoms with Gasteiger partial charge >= 0.3 is 6.18 Å². The minimum Gasteiger partial charge on any atom is -0.310 e. The Hall–Kier alpha value is -1.40. The number of halogens is 4. The van der Waals surface area contributed by atoms with Gasteiger partial charge in [-0.25, -0.2) is 4.39 Å². The van der Waals surface area contributed by atoms with Crippen molar-refractivity contribution < 1.29 is 17.6 Å². The third-order valence-corrected chi connectivity index (χ3v) is 4.42. The molecule has 0 amide bonds. The highest BCUT2D eigenvalue weighted by atomic mass is 32.1. The highest BCUT2D eigenvalue weighted by Crippen LogP contribution is 2.37. The summed E-state index contributed by atoms with van der Waals surface area (Å²) in [6.45, 7) is 4.71. The van der Waals surface area contributed by atoms with Gasteiger partial charge in [-0.2, -0.15) is 13.2 Å². The monoisotopic (exact) mass is 317 g/mol. The van der Waals surface area contributed by atoms with Crippen molar-refractivity contribution >= 4 is 11.3 Å². The van der Waals surface area contributed by atoms with E-state index >= 15 is 0 Å². The molecule has 0 saturated carbocycles. The van der Waals surface area contributed by atoms with Crippen LogP contribution in [0.15, 0.2) is 30.3 Å². The van der Waals surface area contributed by atoms with Crippen LogP contribution in [-0.2, 0) is 6.18 Å². The lowest BCUT2D eigenvalue weighted by molar-refractivity contribution is -0.137. The van der Waals surface area contributed by atoms with E-state index in [2.05, 4.69) is 5.32 Å². The van der Waals surface area contributed by atoms with E-state index in [1.54, 1.807) is 6.07 Å². The van der Waals surface area contributed by atoms with Crippen molar-refractivity contribution in [3.63, 3.8) is 0 Å². The standard InChI is InChI=1S/C15H15F4NS/c1-3-20-9(2)13-6-7-14(21-13)11-8-10(15(17,18)19)4-5-12(11)16/h4-9,20H,3H2,1-2H3. The van der Waals surface area contributed by atoms with Gasteiger partial charge in [-0.05, 0) is 43.8 Å². The molecule has 2 aromatic rings. The van der Waals surface area contributed by atoms with Gasteiger partial charge in [0.05, 0.1) is 5.56 Å². The van der Waals surface area contributed by atoms with Crippen LogP contribution in [0.2, 0.25) is 0 Å². The maximum absolute atomic E-state index is 13.8. The van der Waals surface area contributed by atoms with Gasteiger partial charge in [-0.15, -0.1) is 11.3 Å². The zero-order valence-corrected chi connectivity index (χ0v) is 12.4. The second-order valence-corrected chi connectivity index (χ2v) is 5.79. The van der Waals surface area contributed by atoms with Gasteiger partial charge in [0.15, 0.2) is 0 Å². The van der Waals surface area contributed by atoms with E-state index in [9.17, 15) is 17.6 Å². The highest BCUT2D eigenvalue weighted by molar-refractivity contribution is 7.15. The highest BCUT2D eigenvalue weighted by Gasteiger charge is 2.31. The third kappa shape index (κ3) is 3.63.